The molecule has 27 heavy (non-hydrogen) atoms. The first-order chi connectivity index (χ1) is 12.7. The van der Waals surface area contributed by atoms with E-state index in [1.54, 1.807) is 0 Å². The lowest BCUT2D eigenvalue weighted by Gasteiger charge is -2.15. The molecule has 0 radical (unpaired) electrons. The van der Waals surface area contributed by atoms with Gasteiger partial charge in [0.25, 0.3) is 11.6 Å². The number of nitro groups is 1. The molecule has 10 heteroatoms. The Labute approximate surface area is 152 Å². The number of hydrogen-bond donors (Lipinski definition) is 2. The van der Waals surface area contributed by atoms with Crippen LogP contribution in [-0.4, -0.2) is 30.0 Å². The van der Waals surface area contributed by atoms with Crippen LogP contribution < -0.4 is 10.6 Å². The number of rotatable bonds is 6. The highest BCUT2D eigenvalue weighted by Crippen LogP contribution is 2.23. The predicted octanol–water partition coefficient (Wildman–Crippen LogP) is 3.10. The minimum Gasteiger partial charge on any atom is -0.449 e. The zero-order valence-electron chi connectivity index (χ0n) is 14.3. The molecule has 1 atom stereocenters. The molecule has 0 unspecified atom stereocenters. The number of hydrogen-bond acceptors (Lipinski definition) is 6. The third-order valence-electron chi connectivity index (χ3n) is 3.54. The number of benzene rings is 2. The first kappa shape index (κ1) is 19.8. The summed E-state index contributed by atoms with van der Waals surface area (Å²) in [6, 6.07) is 6.33. The highest BCUT2D eigenvalue weighted by atomic mass is 19.2. The Balaban J connectivity index is 2.12. The average molecular weight is 379 g/mol. The Morgan fingerprint density at radius 2 is 1.85 bits per heavy atom. The maximum atomic E-state index is 13.2. The van der Waals surface area contributed by atoms with Gasteiger partial charge in [-0.05, 0) is 25.1 Å². The molecule has 2 rings (SSSR count). The number of nitro benzene ring substituents is 1. The zero-order chi connectivity index (χ0) is 20.1. The maximum Gasteiger partial charge on any atom is 0.341 e. The van der Waals surface area contributed by atoms with Crippen LogP contribution in [0, 0.1) is 21.7 Å². The van der Waals surface area contributed by atoms with Crippen LogP contribution in [0.25, 0.3) is 0 Å². The van der Waals surface area contributed by atoms with Crippen LogP contribution in [0.15, 0.2) is 36.4 Å². The van der Waals surface area contributed by atoms with Gasteiger partial charge in [-0.1, -0.05) is 0 Å². The third kappa shape index (κ3) is 4.75. The first-order valence-corrected chi connectivity index (χ1v) is 7.66. The molecule has 0 spiro atoms. The summed E-state index contributed by atoms with van der Waals surface area (Å²) < 4.78 is 31.1. The summed E-state index contributed by atoms with van der Waals surface area (Å²) in [6.45, 7) is 1.27. The highest BCUT2D eigenvalue weighted by Gasteiger charge is 2.23. The van der Waals surface area contributed by atoms with Crippen LogP contribution in [0.3, 0.4) is 0 Å². The number of esters is 1. The second-order valence-corrected chi connectivity index (χ2v) is 5.40. The van der Waals surface area contributed by atoms with E-state index in [2.05, 4.69) is 10.6 Å². The van der Waals surface area contributed by atoms with Crippen LogP contribution in [0.4, 0.5) is 25.8 Å². The van der Waals surface area contributed by atoms with Crippen LogP contribution in [0.1, 0.15) is 17.3 Å². The fourth-order valence-electron chi connectivity index (χ4n) is 2.13. The Bertz CT molecular complexity index is 904. The molecule has 2 aromatic rings. The summed E-state index contributed by atoms with van der Waals surface area (Å²) in [5.41, 5.74) is -0.189. The van der Waals surface area contributed by atoms with Crippen molar-refractivity contribution in [1.29, 1.82) is 0 Å². The topological polar surface area (TPSA) is 111 Å². The van der Waals surface area contributed by atoms with Gasteiger partial charge in [0.15, 0.2) is 17.7 Å². The van der Waals surface area contributed by atoms with E-state index < -0.39 is 34.5 Å². The van der Waals surface area contributed by atoms with E-state index >= 15 is 0 Å². The largest absolute Gasteiger partial charge is 0.449 e. The lowest BCUT2D eigenvalue weighted by Crippen LogP contribution is -2.30. The van der Waals surface area contributed by atoms with Gasteiger partial charge in [0.2, 0.25) is 0 Å². The number of amides is 1. The number of non-ortho nitro benzene ring substituents is 1. The summed E-state index contributed by atoms with van der Waals surface area (Å²) in [5, 5.41) is 15.8. The number of nitrogens with zero attached hydrogens (tertiary/aromatic N) is 1. The number of carbonyl (C=O) groups excluding carboxylic acids is 2. The molecule has 8 nitrogen and oxygen atoms in total. The van der Waals surface area contributed by atoms with Gasteiger partial charge >= 0.3 is 5.97 Å². The number of anilines is 2. The lowest BCUT2D eigenvalue weighted by atomic mass is 10.1. The van der Waals surface area contributed by atoms with Crippen molar-refractivity contribution in [2.45, 2.75) is 13.0 Å². The highest BCUT2D eigenvalue weighted by molar-refractivity contribution is 6.00. The predicted molar refractivity (Wildman–Crippen MR) is 92.5 cm³/mol. The van der Waals surface area contributed by atoms with E-state index in [4.69, 9.17) is 4.74 Å². The van der Waals surface area contributed by atoms with Crippen molar-refractivity contribution in [3.63, 3.8) is 0 Å². The molecule has 0 saturated carbocycles. The van der Waals surface area contributed by atoms with Crippen molar-refractivity contribution < 1.29 is 28.0 Å². The SMILES string of the molecule is CNc1ccc([N+](=O)[O-])cc1C(=O)O[C@H](C)C(=O)Nc1ccc(F)c(F)c1. The summed E-state index contributed by atoms with van der Waals surface area (Å²) in [5.74, 6) is -3.97. The van der Waals surface area contributed by atoms with Gasteiger partial charge in [0.05, 0.1) is 10.5 Å². The van der Waals surface area contributed by atoms with E-state index in [-0.39, 0.29) is 22.6 Å². The summed E-state index contributed by atoms with van der Waals surface area (Å²) in [7, 11) is 1.51. The minimum atomic E-state index is -1.30. The van der Waals surface area contributed by atoms with Gasteiger partial charge < -0.3 is 15.4 Å². The summed E-state index contributed by atoms with van der Waals surface area (Å²) >= 11 is 0. The summed E-state index contributed by atoms with van der Waals surface area (Å²) in [6.07, 6.45) is -1.30. The monoisotopic (exact) mass is 379 g/mol. The van der Waals surface area contributed by atoms with Crippen molar-refractivity contribution in [3.8, 4) is 0 Å². The number of ether oxygens (including phenoxy) is 1. The molecule has 142 valence electrons. The van der Waals surface area contributed by atoms with Gasteiger partial charge in [-0.15, -0.1) is 0 Å². The van der Waals surface area contributed by atoms with Crippen LogP contribution >= 0.6 is 0 Å². The lowest BCUT2D eigenvalue weighted by molar-refractivity contribution is -0.384. The fraction of sp³-hybridized carbons (Fsp3) is 0.176. The smallest absolute Gasteiger partial charge is 0.341 e. The maximum absolute atomic E-state index is 13.2. The molecule has 1 amide bonds. The van der Waals surface area contributed by atoms with Gasteiger partial charge in [-0.25, -0.2) is 13.6 Å². The number of carbonyl (C=O) groups is 2. The standard InChI is InChI=1S/C17H15F2N3O5/c1-9(16(23)21-10-3-5-13(18)14(19)7-10)27-17(24)12-8-11(22(25)26)4-6-15(12)20-2/h3-9,20H,1-2H3,(H,21,23)/t9-/m1/s1. The van der Waals surface area contributed by atoms with E-state index in [9.17, 15) is 28.5 Å². The van der Waals surface area contributed by atoms with Gasteiger partial charge in [0, 0.05) is 36.6 Å². The molecule has 0 fully saturated rings. The molecular formula is C17H15F2N3O5. The van der Waals surface area contributed by atoms with Crippen LogP contribution in [0.5, 0.6) is 0 Å². The van der Waals surface area contributed by atoms with Crippen LogP contribution in [0.2, 0.25) is 0 Å². The molecule has 0 aliphatic rings. The third-order valence-corrected chi connectivity index (χ3v) is 3.54. The van der Waals surface area contributed by atoms with Crippen LogP contribution in [-0.2, 0) is 9.53 Å². The van der Waals surface area contributed by atoms with Gasteiger partial charge in [-0.2, -0.15) is 0 Å². The second-order valence-electron chi connectivity index (χ2n) is 5.40. The molecule has 2 aromatic carbocycles. The van der Waals surface area contributed by atoms with Gasteiger partial charge in [0.1, 0.15) is 0 Å². The van der Waals surface area contributed by atoms with Crippen molar-refractivity contribution in [3.05, 3.63) is 63.7 Å². The molecule has 0 saturated heterocycles. The normalized spacial score (nSPS) is 11.4. The van der Waals surface area contributed by atoms with Crippen molar-refractivity contribution in [2.75, 3.05) is 17.7 Å². The minimum absolute atomic E-state index is 0.0203. The Morgan fingerprint density at radius 3 is 2.44 bits per heavy atom. The Hall–Kier alpha value is -3.56. The fourth-order valence-corrected chi connectivity index (χ4v) is 2.13. The van der Waals surface area contributed by atoms with Gasteiger partial charge in [-0.3, -0.25) is 14.9 Å². The molecule has 0 aromatic heterocycles. The average Bonchev–Trinajstić information content (AvgIpc) is 2.63. The molecule has 0 aliphatic heterocycles. The van der Waals surface area contributed by atoms with Crippen molar-refractivity contribution >= 4 is 28.9 Å². The van der Waals surface area contributed by atoms with E-state index in [1.807, 2.05) is 0 Å². The molecule has 2 N–H and O–H groups in total. The Morgan fingerprint density at radius 1 is 1.15 bits per heavy atom. The molecular weight excluding hydrogens is 364 g/mol. The van der Waals surface area contributed by atoms with Crippen molar-refractivity contribution in [1.82, 2.24) is 0 Å². The van der Waals surface area contributed by atoms with E-state index in [0.29, 0.717) is 0 Å². The van der Waals surface area contributed by atoms with E-state index in [1.165, 1.54) is 26.1 Å². The quantitative estimate of drug-likeness (QED) is 0.453. The Kier molecular flexibility index (Phi) is 6.01. The first-order valence-electron chi connectivity index (χ1n) is 7.66. The van der Waals surface area contributed by atoms with Crippen molar-refractivity contribution in [2.24, 2.45) is 0 Å². The second kappa shape index (κ2) is 8.21. The van der Waals surface area contributed by atoms with E-state index in [0.717, 1.165) is 24.3 Å². The zero-order valence-corrected chi connectivity index (χ0v) is 14.3. The molecule has 0 aliphatic carbocycles. The summed E-state index contributed by atoms with van der Waals surface area (Å²) in [4.78, 5) is 34.6. The number of nitrogens with one attached hydrogen (secondary N) is 2. The molecule has 0 bridgehead atoms. The number of halogens is 2. The molecule has 0 heterocycles.